The molecule has 0 heterocycles. The first kappa shape index (κ1) is 21.6. The number of nitrogens with one attached hydrogen (secondary N) is 1. The molecule has 0 aromatic heterocycles. The zero-order valence-electron chi connectivity index (χ0n) is 17.6. The molecular weight excluding hydrogens is 352 g/mol. The second-order valence-electron chi connectivity index (χ2n) is 7.38. The minimum absolute atomic E-state index is 0.0359. The summed E-state index contributed by atoms with van der Waals surface area (Å²) in [7, 11) is 3.41. The number of benzene rings is 2. The number of urea groups is 1. The number of hydrogen-bond donors (Lipinski definition) is 1. The van der Waals surface area contributed by atoms with Crippen molar-refractivity contribution in [3.8, 4) is 11.5 Å². The lowest BCUT2D eigenvalue weighted by molar-refractivity contribution is 0.208. The van der Waals surface area contributed by atoms with Crippen LogP contribution in [-0.2, 0) is 0 Å². The van der Waals surface area contributed by atoms with Crippen LogP contribution in [0.1, 0.15) is 45.2 Å². The van der Waals surface area contributed by atoms with E-state index in [1.165, 1.54) is 0 Å². The standard InChI is InChI=1S/C23H32N2O3/c1-17(2)10-9-15-28-22-16-20(13-14-21(22)27-5)24-23(26)25(4)18(3)19-11-7-6-8-12-19/h6-8,11-14,16-18H,9-10,15H2,1-5H3,(H,24,26)/t18-/m0/s1. The SMILES string of the molecule is COc1ccc(NC(=O)N(C)[C@@H](C)c2ccccc2)cc1OCCCC(C)C. The van der Waals surface area contributed by atoms with Crippen molar-refractivity contribution in [2.45, 2.75) is 39.7 Å². The molecule has 5 heteroatoms. The highest BCUT2D eigenvalue weighted by Crippen LogP contribution is 2.31. The second-order valence-corrected chi connectivity index (χ2v) is 7.38. The van der Waals surface area contributed by atoms with Gasteiger partial charge < -0.3 is 19.7 Å². The summed E-state index contributed by atoms with van der Waals surface area (Å²) in [6.07, 6.45) is 2.09. The molecule has 0 aliphatic rings. The fraction of sp³-hybridized carbons (Fsp3) is 0.435. The summed E-state index contributed by atoms with van der Waals surface area (Å²) in [6, 6.07) is 15.2. The summed E-state index contributed by atoms with van der Waals surface area (Å²) in [5.74, 6) is 1.95. The van der Waals surface area contributed by atoms with E-state index >= 15 is 0 Å². The summed E-state index contributed by atoms with van der Waals surface area (Å²) in [5, 5.41) is 2.94. The van der Waals surface area contributed by atoms with Gasteiger partial charge in [0.2, 0.25) is 0 Å². The first-order valence-electron chi connectivity index (χ1n) is 9.82. The highest BCUT2D eigenvalue weighted by Gasteiger charge is 2.18. The maximum atomic E-state index is 12.7. The number of amides is 2. The quantitative estimate of drug-likeness (QED) is 0.561. The average molecular weight is 385 g/mol. The van der Waals surface area contributed by atoms with E-state index < -0.39 is 0 Å². The first-order chi connectivity index (χ1) is 13.4. The van der Waals surface area contributed by atoms with Crippen LogP contribution in [0.2, 0.25) is 0 Å². The second kappa shape index (κ2) is 10.6. The van der Waals surface area contributed by atoms with Crippen LogP contribution >= 0.6 is 0 Å². The lowest BCUT2D eigenvalue weighted by Crippen LogP contribution is -2.33. The number of carbonyl (C=O) groups is 1. The molecule has 0 radical (unpaired) electrons. The summed E-state index contributed by atoms with van der Waals surface area (Å²) in [4.78, 5) is 14.4. The molecule has 0 bridgehead atoms. The Hall–Kier alpha value is -2.69. The van der Waals surface area contributed by atoms with Crippen LogP contribution in [0.3, 0.4) is 0 Å². The lowest BCUT2D eigenvalue weighted by atomic mass is 10.1. The molecule has 0 fully saturated rings. The number of methoxy groups -OCH3 is 1. The van der Waals surface area contributed by atoms with Crippen molar-refractivity contribution in [2.24, 2.45) is 5.92 Å². The van der Waals surface area contributed by atoms with Crippen LogP contribution < -0.4 is 14.8 Å². The van der Waals surface area contributed by atoms with Gasteiger partial charge in [-0.05, 0) is 43.4 Å². The van der Waals surface area contributed by atoms with Crippen LogP contribution in [0, 0.1) is 5.92 Å². The number of hydrogen-bond acceptors (Lipinski definition) is 3. The molecule has 2 aromatic rings. The Labute approximate surface area is 168 Å². The monoisotopic (exact) mass is 384 g/mol. The van der Waals surface area contributed by atoms with Gasteiger partial charge >= 0.3 is 6.03 Å². The number of rotatable bonds is 9. The Morgan fingerprint density at radius 1 is 1.07 bits per heavy atom. The van der Waals surface area contributed by atoms with E-state index in [9.17, 15) is 4.79 Å². The van der Waals surface area contributed by atoms with Crippen molar-refractivity contribution in [2.75, 3.05) is 26.1 Å². The maximum Gasteiger partial charge on any atom is 0.322 e. The van der Waals surface area contributed by atoms with Gasteiger partial charge in [-0.15, -0.1) is 0 Å². The maximum absolute atomic E-state index is 12.7. The lowest BCUT2D eigenvalue weighted by Gasteiger charge is -2.25. The van der Waals surface area contributed by atoms with Gasteiger partial charge in [0, 0.05) is 18.8 Å². The van der Waals surface area contributed by atoms with Crippen LogP contribution in [0.25, 0.3) is 0 Å². The zero-order chi connectivity index (χ0) is 20.5. The van der Waals surface area contributed by atoms with Crippen LogP contribution in [0.15, 0.2) is 48.5 Å². The van der Waals surface area contributed by atoms with Crippen molar-refractivity contribution >= 4 is 11.7 Å². The summed E-state index contributed by atoms with van der Waals surface area (Å²) >= 11 is 0. The molecular formula is C23H32N2O3. The molecule has 2 aromatic carbocycles. The predicted octanol–water partition coefficient (Wildman–Crippen LogP) is 5.74. The van der Waals surface area contributed by atoms with Gasteiger partial charge in [0.1, 0.15) is 0 Å². The van der Waals surface area contributed by atoms with Gasteiger partial charge in [-0.3, -0.25) is 0 Å². The summed E-state index contributed by atoms with van der Waals surface area (Å²) < 4.78 is 11.3. The number of nitrogens with zero attached hydrogens (tertiary/aromatic N) is 1. The van der Waals surface area contributed by atoms with Gasteiger partial charge in [-0.1, -0.05) is 44.2 Å². The fourth-order valence-electron chi connectivity index (χ4n) is 2.88. The van der Waals surface area contributed by atoms with Crippen molar-refractivity contribution in [3.05, 3.63) is 54.1 Å². The molecule has 0 spiro atoms. The molecule has 2 rings (SSSR count). The number of anilines is 1. The van der Waals surface area contributed by atoms with Gasteiger partial charge in [-0.25, -0.2) is 4.79 Å². The molecule has 1 N–H and O–H groups in total. The molecule has 2 amide bonds. The first-order valence-corrected chi connectivity index (χ1v) is 9.82. The van der Waals surface area contributed by atoms with Crippen molar-refractivity contribution < 1.29 is 14.3 Å². The molecule has 0 aliphatic carbocycles. The van der Waals surface area contributed by atoms with E-state index in [1.807, 2.05) is 55.5 Å². The van der Waals surface area contributed by atoms with E-state index in [4.69, 9.17) is 9.47 Å². The Kier molecular flexibility index (Phi) is 8.18. The van der Waals surface area contributed by atoms with E-state index in [0.29, 0.717) is 29.7 Å². The topological polar surface area (TPSA) is 50.8 Å². The van der Waals surface area contributed by atoms with Crippen LogP contribution in [-0.4, -0.2) is 31.7 Å². The van der Waals surface area contributed by atoms with E-state index in [-0.39, 0.29) is 12.1 Å². The Bertz CT molecular complexity index is 747. The normalized spacial score (nSPS) is 11.8. The molecule has 5 nitrogen and oxygen atoms in total. The number of carbonyl (C=O) groups excluding carboxylic acids is 1. The van der Waals surface area contributed by atoms with Gasteiger partial charge in [0.05, 0.1) is 19.8 Å². The van der Waals surface area contributed by atoms with Crippen molar-refractivity contribution in [3.63, 3.8) is 0 Å². The molecule has 0 aliphatic heterocycles. The average Bonchev–Trinajstić information content (AvgIpc) is 2.70. The smallest absolute Gasteiger partial charge is 0.322 e. The third kappa shape index (κ3) is 6.19. The summed E-state index contributed by atoms with van der Waals surface area (Å²) in [5.41, 5.74) is 1.76. The Balaban J connectivity index is 2.02. The molecule has 0 saturated heterocycles. The largest absolute Gasteiger partial charge is 0.493 e. The fourth-order valence-corrected chi connectivity index (χ4v) is 2.88. The highest BCUT2D eigenvalue weighted by atomic mass is 16.5. The number of ether oxygens (including phenoxy) is 2. The minimum atomic E-state index is -0.174. The van der Waals surface area contributed by atoms with Gasteiger partial charge in [0.25, 0.3) is 0 Å². The molecule has 1 atom stereocenters. The molecule has 28 heavy (non-hydrogen) atoms. The van der Waals surface area contributed by atoms with Crippen molar-refractivity contribution in [1.29, 1.82) is 0 Å². The molecule has 152 valence electrons. The highest BCUT2D eigenvalue weighted by molar-refractivity contribution is 5.89. The third-order valence-corrected chi connectivity index (χ3v) is 4.78. The van der Waals surface area contributed by atoms with E-state index in [1.54, 1.807) is 19.1 Å². The third-order valence-electron chi connectivity index (χ3n) is 4.78. The van der Waals surface area contributed by atoms with Gasteiger partial charge in [0.15, 0.2) is 11.5 Å². The van der Waals surface area contributed by atoms with Gasteiger partial charge in [-0.2, -0.15) is 0 Å². The van der Waals surface area contributed by atoms with E-state index in [2.05, 4.69) is 19.2 Å². The van der Waals surface area contributed by atoms with Crippen LogP contribution in [0.4, 0.5) is 10.5 Å². The van der Waals surface area contributed by atoms with E-state index in [0.717, 1.165) is 18.4 Å². The molecule has 0 unspecified atom stereocenters. The molecule has 0 saturated carbocycles. The minimum Gasteiger partial charge on any atom is -0.493 e. The zero-order valence-corrected chi connectivity index (χ0v) is 17.6. The predicted molar refractivity (Wildman–Crippen MR) is 114 cm³/mol. The van der Waals surface area contributed by atoms with Crippen LogP contribution in [0.5, 0.6) is 11.5 Å². The Morgan fingerprint density at radius 2 is 1.79 bits per heavy atom. The van der Waals surface area contributed by atoms with Crippen molar-refractivity contribution in [1.82, 2.24) is 4.90 Å². The Morgan fingerprint density at radius 3 is 2.43 bits per heavy atom. The summed E-state index contributed by atoms with van der Waals surface area (Å²) in [6.45, 7) is 7.02.